The Morgan fingerprint density at radius 1 is 1.41 bits per heavy atom. The highest BCUT2D eigenvalue weighted by molar-refractivity contribution is 9.10. The van der Waals surface area contributed by atoms with E-state index in [1.165, 1.54) is 6.07 Å². The second kappa shape index (κ2) is 7.76. The normalized spacial score (nSPS) is 12.7. The molecule has 0 spiro atoms. The van der Waals surface area contributed by atoms with Crippen LogP contribution in [-0.2, 0) is 16.0 Å². The molecule has 1 atom stereocenters. The van der Waals surface area contributed by atoms with Crippen LogP contribution in [0.2, 0.25) is 0 Å². The highest BCUT2D eigenvalue weighted by atomic mass is 79.9. The van der Waals surface area contributed by atoms with Crippen LogP contribution in [0.4, 0.5) is 4.39 Å². The summed E-state index contributed by atoms with van der Waals surface area (Å²) in [5.41, 5.74) is 1.02. The van der Waals surface area contributed by atoms with E-state index in [2.05, 4.69) is 21.2 Å². The van der Waals surface area contributed by atoms with E-state index >= 15 is 0 Å². The average Bonchev–Trinajstić information content (AvgIpc) is 2.32. The second-order valence-corrected chi connectivity index (χ2v) is 4.55. The van der Waals surface area contributed by atoms with Crippen molar-refractivity contribution in [3.63, 3.8) is 0 Å². The molecule has 1 rings (SSSR count). The largest absolute Gasteiger partial charge is 0.382 e. The molecule has 0 radical (unpaired) electrons. The Labute approximate surface area is 109 Å². The number of methoxy groups -OCH3 is 2. The van der Waals surface area contributed by atoms with Crippen LogP contribution in [0.25, 0.3) is 0 Å². The molecule has 0 amide bonds. The van der Waals surface area contributed by atoms with Crippen molar-refractivity contribution in [2.24, 2.45) is 0 Å². The number of rotatable bonds is 7. The van der Waals surface area contributed by atoms with Crippen molar-refractivity contribution in [3.05, 3.63) is 34.1 Å². The maximum absolute atomic E-state index is 13.0. The van der Waals surface area contributed by atoms with Gasteiger partial charge < -0.3 is 14.8 Å². The first-order chi connectivity index (χ1) is 8.17. The first-order valence-corrected chi connectivity index (χ1v) is 6.13. The molecule has 17 heavy (non-hydrogen) atoms. The number of benzene rings is 1. The van der Waals surface area contributed by atoms with Crippen LogP contribution in [0.15, 0.2) is 22.7 Å². The molecule has 0 aliphatic rings. The molecule has 0 aromatic heterocycles. The number of hydrogen-bond acceptors (Lipinski definition) is 3. The van der Waals surface area contributed by atoms with Gasteiger partial charge in [0.05, 0.1) is 17.2 Å². The first kappa shape index (κ1) is 14.6. The average molecular weight is 306 g/mol. The van der Waals surface area contributed by atoms with Crippen LogP contribution >= 0.6 is 15.9 Å². The van der Waals surface area contributed by atoms with Crippen molar-refractivity contribution < 1.29 is 13.9 Å². The molecular formula is C12H17BrFNO2. The zero-order valence-corrected chi connectivity index (χ0v) is 11.6. The SMILES string of the molecule is COCC(CNCc1ccc(F)c(Br)c1)OC. The molecule has 0 bridgehead atoms. The third-order valence-electron chi connectivity index (χ3n) is 2.37. The second-order valence-electron chi connectivity index (χ2n) is 3.69. The van der Waals surface area contributed by atoms with E-state index in [0.29, 0.717) is 24.2 Å². The topological polar surface area (TPSA) is 30.5 Å². The minimum absolute atomic E-state index is 0.0314. The molecule has 1 N–H and O–H groups in total. The Bertz CT molecular complexity index is 349. The fourth-order valence-corrected chi connectivity index (χ4v) is 1.85. The fourth-order valence-electron chi connectivity index (χ4n) is 1.42. The summed E-state index contributed by atoms with van der Waals surface area (Å²) >= 11 is 3.16. The lowest BCUT2D eigenvalue weighted by Gasteiger charge is -2.15. The van der Waals surface area contributed by atoms with Crippen molar-refractivity contribution in [1.82, 2.24) is 5.32 Å². The van der Waals surface area contributed by atoms with Crippen LogP contribution in [0, 0.1) is 5.82 Å². The molecule has 0 heterocycles. The van der Waals surface area contributed by atoms with E-state index in [9.17, 15) is 4.39 Å². The molecule has 5 heteroatoms. The molecule has 96 valence electrons. The van der Waals surface area contributed by atoms with E-state index in [-0.39, 0.29) is 11.9 Å². The summed E-state index contributed by atoms with van der Waals surface area (Å²) in [7, 11) is 3.29. The van der Waals surface area contributed by atoms with Crippen molar-refractivity contribution in [2.45, 2.75) is 12.6 Å². The summed E-state index contributed by atoms with van der Waals surface area (Å²) in [5, 5.41) is 3.24. The smallest absolute Gasteiger partial charge is 0.137 e. The molecule has 0 saturated carbocycles. The van der Waals surface area contributed by atoms with Gasteiger partial charge in [-0.2, -0.15) is 0 Å². The van der Waals surface area contributed by atoms with Gasteiger partial charge in [-0.15, -0.1) is 0 Å². The summed E-state index contributed by atoms with van der Waals surface area (Å²) < 4.78 is 23.7. The Morgan fingerprint density at radius 2 is 2.18 bits per heavy atom. The number of halogens is 2. The van der Waals surface area contributed by atoms with Crippen LogP contribution in [-0.4, -0.2) is 33.5 Å². The van der Waals surface area contributed by atoms with Gasteiger partial charge in [0.15, 0.2) is 0 Å². The summed E-state index contributed by atoms with van der Waals surface area (Å²) in [5.74, 6) is -0.247. The van der Waals surface area contributed by atoms with Gasteiger partial charge in [0.25, 0.3) is 0 Å². The van der Waals surface area contributed by atoms with Gasteiger partial charge in [0.1, 0.15) is 5.82 Å². The lowest BCUT2D eigenvalue weighted by Crippen LogP contribution is -2.31. The van der Waals surface area contributed by atoms with Crippen molar-refractivity contribution in [1.29, 1.82) is 0 Å². The number of ether oxygens (including phenoxy) is 2. The molecule has 0 fully saturated rings. The highest BCUT2D eigenvalue weighted by Gasteiger charge is 2.06. The van der Waals surface area contributed by atoms with Gasteiger partial charge in [-0.1, -0.05) is 6.07 Å². The zero-order valence-electron chi connectivity index (χ0n) is 10.0. The Hall–Kier alpha value is -0.490. The first-order valence-electron chi connectivity index (χ1n) is 5.33. The lowest BCUT2D eigenvalue weighted by atomic mass is 10.2. The molecule has 1 unspecified atom stereocenters. The Morgan fingerprint density at radius 3 is 2.76 bits per heavy atom. The molecule has 1 aromatic carbocycles. The maximum atomic E-state index is 13.0. The summed E-state index contributed by atoms with van der Waals surface area (Å²) in [4.78, 5) is 0. The van der Waals surface area contributed by atoms with E-state index in [0.717, 1.165) is 5.56 Å². The predicted molar refractivity (Wildman–Crippen MR) is 68.5 cm³/mol. The van der Waals surface area contributed by atoms with Crippen molar-refractivity contribution >= 4 is 15.9 Å². The monoisotopic (exact) mass is 305 g/mol. The van der Waals surface area contributed by atoms with E-state index in [1.807, 2.05) is 0 Å². The quantitative estimate of drug-likeness (QED) is 0.839. The molecule has 0 aliphatic carbocycles. The minimum Gasteiger partial charge on any atom is -0.382 e. The molecule has 0 aliphatic heterocycles. The van der Waals surface area contributed by atoms with E-state index in [1.54, 1.807) is 26.4 Å². The summed E-state index contributed by atoms with van der Waals surface area (Å²) in [6.07, 6.45) is 0.0314. The van der Waals surface area contributed by atoms with E-state index in [4.69, 9.17) is 9.47 Å². The standard InChI is InChI=1S/C12H17BrFNO2/c1-16-8-10(17-2)7-15-6-9-3-4-12(14)11(13)5-9/h3-5,10,15H,6-8H2,1-2H3. The zero-order chi connectivity index (χ0) is 12.7. The maximum Gasteiger partial charge on any atom is 0.137 e. The number of nitrogens with one attached hydrogen (secondary N) is 1. The third-order valence-corrected chi connectivity index (χ3v) is 2.98. The highest BCUT2D eigenvalue weighted by Crippen LogP contribution is 2.16. The molecule has 0 saturated heterocycles. The number of hydrogen-bond donors (Lipinski definition) is 1. The van der Waals surface area contributed by atoms with E-state index < -0.39 is 0 Å². The Balaban J connectivity index is 2.37. The van der Waals surface area contributed by atoms with Gasteiger partial charge in [-0.3, -0.25) is 0 Å². The Kier molecular flexibility index (Phi) is 6.65. The summed E-state index contributed by atoms with van der Waals surface area (Å²) in [6, 6.07) is 4.97. The van der Waals surface area contributed by atoms with Crippen LogP contribution in [0.5, 0.6) is 0 Å². The van der Waals surface area contributed by atoms with Gasteiger partial charge in [-0.05, 0) is 33.6 Å². The molecule has 1 aromatic rings. The molecule has 3 nitrogen and oxygen atoms in total. The van der Waals surface area contributed by atoms with Gasteiger partial charge in [-0.25, -0.2) is 4.39 Å². The van der Waals surface area contributed by atoms with Crippen molar-refractivity contribution in [3.8, 4) is 0 Å². The summed E-state index contributed by atoms with van der Waals surface area (Å²) in [6.45, 7) is 1.92. The van der Waals surface area contributed by atoms with Gasteiger partial charge in [0.2, 0.25) is 0 Å². The fraction of sp³-hybridized carbons (Fsp3) is 0.500. The van der Waals surface area contributed by atoms with Crippen LogP contribution in [0.3, 0.4) is 0 Å². The lowest BCUT2D eigenvalue weighted by molar-refractivity contribution is 0.0288. The third kappa shape index (κ3) is 5.12. The minimum atomic E-state index is -0.247. The van der Waals surface area contributed by atoms with Crippen molar-refractivity contribution in [2.75, 3.05) is 27.4 Å². The molecular weight excluding hydrogens is 289 g/mol. The van der Waals surface area contributed by atoms with Gasteiger partial charge in [0, 0.05) is 27.3 Å². The van der Waals surface area contributed by atoms with Gasteiger partial charge >= 0.3 is 0 Å². The van der Waals surface area contributed by atoms with Crippen LogP contribution < -0.4 is 5.32 Å². The van der Waals surface area contributed by atoms with Crippen LogP contribution in [0.1, 0.15) is 5.56 Å². The predicted octanol–water partition coefficient (Wildman–Crippen LogP) is 2.34.